The maximum absolute atomic E-state index is 10.4. The summed E-state index contributed by atoms with van der Waals surface area (Å²) in [5.41, 5.74) is 1.10. The van der Waals surface area contributed by atoms with Crippen LogP contribution in [0.4, 0.5) is 0 Å². The van der Waals surface area contributed by atoms with Gasteiger partial charge in [0.1, 0.15) is 0 Å². The number of tetrazole rings is 1. The lowest BCUT2D eigenvalue weighted by Gasteiger charge is -1.95. The van der Waals surface area contributed by atoms with E-state index in [2.05, 4.69) is 15.4 Å². The first-order valence-electron chi connectivity index (χ1n) is 5.26. The Labute approximate surface area is 97.9 Å². The third kappa shape index (κ3) is 3.37. The van der Waals surface area contributed by atoms with Crippen LogP contribution in [0.2, 0.25) is 0 Å². The van der Waals surface area contributed by atoms with Gasteiger partial charge in [-0.15, -0.1) is 10.2 Å². The summed E-state index contributed by atoms with van der Waals surface area (Å²) in [5.74, 6) is -0.270. The van der Waals surface area contributed by atoms with Crippen LogP contribution in [0.5, 0.6) is 0 Å². The number of rotatable bonds is 5. The van der Waals surface area contributed by atoms with Gasteiger partial charge >= 0.3 is 5.97 Å². The molecule has 88 valence electrons. The smallest absolute Gasteiger partial charge is 0.305 e. The molecule has 0 aliphatic heterocycles. The van der Waals surface area contributed by atoms with Crippen LogP contribution in [0.3, 0.4) is 0 Å². The third-order valence-corrected chi connectivity index (χ3v) is 2.22. The van der Waals surface area contributed by atoms with Gasteiger partial charge in [-0.1, -0.05) is 30.3 Å². The number of aromatic nitrogens is 4. The fraction of sp³-hybridized carbons (Fsp3) is 0.273. The minimum atomic E-state index is -0.869. The maximum atomic E-state index is 10.4. The van der Waals surface area contributed by atoms with Crippen molar-refractivity contribution >= 4 is 5.97 Å². The topological polar surface area (TPSA) is 80.9 Å². The van der Waals surface area contributed by atoms with E-state index in [0.717, 1.165) is 5.56 Å². The zero-order valence-electron chi connectivity index (χ0n) is 9.15. The lowest BCUT2D eigenvalue weighted by Crippen LogP contribution is -2.07. The molecule has 1 heterocycles. The second-order valence-electron chi connectivity index (χ2n) is 3.61. The van der Waals surface area contributed by atoms with Crippen molar-refractivity contribution in [1.29, 1.82) is 0 Å². The first-order valence-corrected chi connectivity index (χ1v) is 5.26. The molecular weight excluding hydrogens is 220 g/mol. The zero-order chi connectivity index (χ0) is 12.1. The molecule has 1 aromatic carbocycles. The molecule has 2 aromatic rings. The minimum absolute atomic E-state index is 0.00113. The lowest BCUT2D eigenvalue weighted by molar-refractivity contribution is -0.137. The van der Waals surface area contributed by atoms with Crippen LogP contribution in [-0.4, -0.2) is 31.3 Å². The summed E-state index contributed by atoms with van der Waals surface area (Å²) in [6.07, 6.45) is 0.606. The summed E-state index contributed by atoms with van der Waals surface area (Å²) in [4.78, 5) is 11.7. The second kappa shape index (κ2) is 5.20. The molecule has 1 N–H and O–H groups in total. The van der Waals surface area contributed by atoms with Crippen molar-refractivity contribution in [3.8, 4) is 0 Å². The van der Waals surface area contributed by atoms with E-state index in [1.165, 1.54) is 4.80 Å². The molecule has 0 radical (unpaired) electrons. The van der Waals surface area contributed by atoms with E-state index in [9.17, 15) is 4.79 Å². The number of hydrogen-bond donors (Lipinski definition) is 1. The molecule has 0 spiro atoms. The number of carbonyl (C=O) groups is 1. The van der Waals surface area contributed by atoms with Crippen molar-refractivity contribution in [1.82, 2.24) is 20.2 Å². The Hall–Kier alpha value is -2.24. The van der Waals surface area contributed by atoms with Gasteiger partial charge in [0, 0.05) is 6.42 Å². The Kier molecular flexibility index (Phi) is 3.44. The number of hydrogen-bond acceptors (Lipinski definition) is 4. The second-order valence-corrected chi connectivity index (χ2v) is 3.61. The zero-order valence-corrected chi connectivity index (χ0v) is 9.15. The Morgan fingerprint density at radius 1 is 1.29 bits per heavy atom. The van der Waals surface area contributed by atoms with Gasteiger partial charge in [0.2, 0.25) is 0 Å². The standard InChI is InChI=1S/C11H12N4O2/c16-11(17)6-7-15-13-10(12-14-15)8-9-4-2-1-3-5-9/h1-5H,6-8H2,(H,16,17). The highest BCUT2D eigenvalue weighted by Crippen LogP contribution is 2.03. The molecule has 17 heavy (non-hydrogen) atoms. The van der Waals surface area contributed by atoms with Crippen molar-refractivity contribution in [2.45, 2.75) is 19.4 Å². The lowest BCUT2D eigenvalue weighted by atomic mass is 10.1. The molecule has 6 heteroatoms. The molecule has 0 atom stereocenters. The van der Waals surface area contributed by atoms with Crippen molar-refractivity contribution in [3.05, 3.63) is 41.7 Å². The summed E-state index contributed by atoms with van der Waals surface area (Å²) in [6, 6.07) is 9.81. The SMILES string of the molecule is O=C(O)CCn1nnc(Cc2ccccc2)n1. The van der Waals surface area contributed by atoms with Gasteiger partial charge in [-0.05, 0) is 10.8 Å². The molecule has 0 fully saturated rings. The third-order valence-electron chi connectivity index (χ3n) is 2.22. The molecule has 0 aliphatic rings. The molecule has 0 bridgehead atoms. The van der Waals surface area contributed by atoms with Crippen molar-refractivity contribution < 1.29 is 9.90 Å². The van der Waals surface area contributed by atoms with E-state index in [1.807, 2.05) is 30.3 Å². The first-order chi connectivity index (χ1) is 8.24. The molecule has 0 saturated heterocycles. The molecular formula is C11H12N4O2. The number of aryl methyl sites for hydroxylation is 1. The predicted octanol–water partition coefficient (Wildman–Crippen LogP) is 0.739. The summed E-state index contributed by atoms with van der Waals surface area (Å²) >= 11 is 0. The normalized spacial score (nSPS) is 10.4. The Bertz CT molecular complexity index is 495. The molecule has 0 amide bonds. The van der Waals surface area contributed by atoms with Crippen LogP contribution in [0.25, 0.3) is 0 Å². The fourth-order valence-corrected chi connectivity index (χ4v) is 1.42. The van der Waals surface area contributed by atoms with E-state index in [-0.39, 0.29) is 13.0 Å². The number of aliphatic carboxylic acids is 1. The average Bonchev–Trinajstić information content (AvgIpc) is 2.75. The number of nitrogens with zero attached hydrogens (tertiary/aromatic N) is 4. The van der Waals surface area contributed by atoms with Crippen molar-refractivity contribution in [2.75, 3.05) is 0 Å². The Balaban J connectivity index is 1.97. The quantitative estimate of drug-likeness (QED) is 0.822. The van der Waals surface area contributed by atoms with E-state index < -0.39 is 5.97 Å². The number of carboxylic acid groups (broad SMARTS) is 1. The van der Waals surface area contributed by atoms with Crippen LogP contribution in [0.15, 0.2) is 30.3 Å². The molecule has 2 rings (SSSR count). The van der Waals surface area contributed by atoms with Crippen molar-refractivity contribution in [2.24, 2.45) is 0 Å². The predicted molar refractivity (Wildman–Crippen MR) is 59.3 cm³/mol. The molecule has 1 aromatic heterocycles. The van der Waals surface area contributed by atoms with Gasteiger partial charge in [-0.3, -0.25) is 4.79 Å². The highest BCUT2D eigenvalue weighted by Gasteiger charge is 2.05. The van der Waals surface area contributed by atoms with E-state index in [1.54, 1.807) is 0 Å². The van der Waals surface area contributed by atoms with Gasteiger partial charge in [0.05, 0.1) is 13.0 Å². The molecule has 0 saturated carbocycles. The van der Waals surface area contributed by atoms with Gasteiger partial charge < -0.3 is 5.11 Å². The van der Waals surface area contributed by atoms with Crippen LogP contribution in [0.1, 0.15) is 17.8 Å². The highest BCUT2D eigenvalue weighted by atomic mass is 16.4. The van der Waals surface area contributed by atoms with Gasteiger partial charge in [0.15, 0.2) is 5.82 Å². The maximum Gasteiger partial charge on any atom is 0.305 e. The van der Waals surface area contributed by atoms with E-state index in [0.29, 0.717) is 12.2 Å². The van der Waals surface area contributed by atoms with Gasteiger partial charge in [-0.2, -0.15) is 4.80 Å². The van der Waals surface area contributed by atoms with E-state index >= 15 is 0 Å². The first kappa shape index (κ1) is 11.3. The minimum Gasteiger partial charge on any atom is -0.481 e. The number of benzene rings is 1. The van der Waals surface area contributed by atoms with E-state index in [4.69, 9.17) is 5.11 Å². The monoisotopic (exact) mass is 232 g/mol. The van der Waals surface area contributed by atoms with Crippen LogP contribution in [0, 0.1) is 0 Å². The van der Waals surface area contributed by atoms with Crippen molar-refractivity contribution in [3.63, 3.8) is 0 Å². The molecule has 6 nitrogen and oxygen atoms in total. The van der Waals surface area contributed by atoms with Crippen LogP contribution < -0.4 is 0 Å². The Morgan fingerprint density at radius 2 is 2.06 bits per heavy atom. The molecule has 0 aliphatic carbocycles. The summed E-state index contributed by atoms with van der Waals surface area (Å²) in [6.45, 7) is 0.247. The van der Waals surface area contributed by atoms with Crippen LogP contribution in [-0.2, 0) is 17.8 Å². The fourth-order valence-electron chi connectivity index (χ4n) is 1.42. The Morgan fingerprint density at radius 3 is 2.76 bits per heavy atom. The largest absolute Gasteiger partial charge is 0.481 e. The summed E-state index contributed by atoms with van der Waals surface area (Å²) in [5, 5.41) is 20.3. The van der Waals surface area contributed by atoms with Crippen LogP contribution >= 0.6 is 0 Å². The summed E-state index contributed by atoms with van der Waals surface area (Å²) in [7, 11) is 0. The molecule has 0 unspecified atom stereocenters. The highest BCUT2D eigenvalue weighted by molar-refractivity contribution is 5.66. The average molecular weight is 232 g/mol. The number of carboxylic acids is 1. The van der Waals surface area contributed by atoms with Gasteiger partial charge in [0.25, 0.3) is 0 Å². The van der Waals surface area contributed by atoms with Gasteiger partial charge in [-0.25, -0.2) is 0 Å². The summed E-state index contributed by atoms with van der Waals surface area (Å²) < 4.78 is 0.